The lowest BCUT2D eigenvalue weighted by Gasteiger charge is -1.92. The maximum Gasteiger partial charge on any atom is 0.394 e. The van der Waals surface area contributed by atoms with E-state index in [4.69, 9.17) is 5.11 Å². The van der Waals surface area contributed by atoms with E-state index in [9.17, 15) is 14.4 Å². The van der Waals surface area contributed by atoms with E-state index >= 15 is 0 Å². The van der Waals surface area contributed by atoms with Crippen molar-refractivity contribution in [3.63, 3.8) is 0 Å². The predicted molar refractivity (Wildman–Crippen MR) is 31.0 cm³/mol. The zero-order valence-corrected chi connectivity index (χ0v) is 4.96. The number of rotatable bonds is 1. The fraction of sp³-hybridized carbons (Fsp3) is 0. The van der Waals surface area contributed by atoms with E-state index in [2.05, 4.69) is 6.58 Å². The average molecular weight is 143 g/mol. The molecule has 0 aromatic carbocycles. The molecule has 0 aliphatic carbocycles. The van der Waals surface area contributed by atoms with Gasteiger partial charge in [-0.05, 0) is 6.08 Å². The van der Waals surface area contributed by atoms with E-state index in [1.54, 1.807) is 0 Å². The summed E-state index contributed by atoms with van der Waals surface area (Å²) in [4.78, 5) is 30.1. The minimum atomic E-state index is -1.70. The molecule has 2 amide bonds. The number of nitrogens with one attached hydrogen (secondary N) is 1. The summed E-state index contributed by atoms with van der Waals surface area (Å²) in [7, 11) is 0. The van der Waals surface area contributed by atoms with Gasteiger partial charge in [0.1, 0.15) is 0 Å². The van der Waals surface area contributed by atoms with Crippen LogP contribution in [0.3, 0.4) is 0 Å². The van der Waals surface area contributed by atoms with Gasteiger partial charge in [-0.3, -0.25) is 14.9 Å². The average Bonchev–Trinajstić information content (AvgIpc) is 1.87. The SMILES string of the molecule is C=CC(=O)NC(=O)C(=O)O. The molecule has 0 heterocycles. The third-order valence-electron chi connectivity index (χ3n) is 0.616. The van der Waals surface area contributed by atoms with Crippen molar-refractivity contribution in [2.24, 2.45) is 0 Å². The molecule has 0 aromatic heterocycles. The molecule has 0 fully saturated rings. The number of carbonyl (C=O) groups excluding carboxylic acids is 2. The minimum absolute atomic E-state index is 0.806. The number of carboxylic acid groups (broad SMARTS) is 1. The molecule has 0 atom stereocenters. The summed E-state index contributed by atoms with van der Waals surface area (Å²) in [5, 5.41) is 9.46. The van der Waals surface area contributed by atoms with Crippen molar-refractivity contribution in [2.75, 3.05) is 0 Å². The normalized spacial score (nSPS) is 8.00. The lowest BCUT2D eigenvalue weighted by atomic mass is 10.5. The molecule has 0 radical (unpaired) electrons. The monoisotopic (exact) mass is 143 g/mol. The van der Waals surface area contributed by atoms with Crippen molar-refractivity contribution in [1.82, 2.24) is 5.32 Å². The molecule has 0 saturated heterocycles. The zero-order valence-electron chi connectivity index (χ0n) is 4.96. The Morgan fingerprint density at radius 1 is 1.40 bits per heavy atom. The largest absolute Gasteiger partial charge is 0.474 e. The molecule has 0 aliphatic heterocycles. The van der Waals surface area contributed by atoms with E-state index in [0.717, 1.165) is 6.08 Å². The number of imide groups is 1. The molecule has 0 aliphatic rings. The quantitative estimate of drug-likeness (QED) is 0.360. The number of hydrogen-bond donors (Lipinski definition) is 2. The van der Waals surface area contributed by atoms with Crippen LogP contribution in [0.4, 0.5) is 0 Å². The highest BCUT2D eigenvalue weighted by molar-refractivity contribution is 6.35. The molecule has 2 N–H and O–H groups in total. The maximum absolute atomic E-state index is 10.2. The first-order valence-corrected chi connectivity index (χ1v) is 2.28. The second-order valence-electron chi connectivity index (χ2n) is 1.33. The Kier molecular flexibility index (Phi) is 2.83. The minimum Gasteiger partial charge on any atom is -0.474 e. The Morgan fingerprint density at radius 3 is 2.20 bits per heavy atom. The molecule has 5 nitrogen and oxygen atoms in total. The third-order valence-corrected chi connectivity index (χ3v) is 0.616. The summed E-state index contributed by atoms with van der Waals surface area (Å²) in [5.74, 6) is -3.88. The molecule has 5 heteroatoms. The number of aliphatic carboxylic acids is 1. The molecular formula is C5H5NO4. The molecule has 0 spiro atoms. The van der Waals surface area contributed by atoms with E-state index in [1.807, 2.05) is 0 Å². The van der Waals surface area contributed by atoms with Crippen molar-refractivity contribution in [3.8, 4) is 0 Å². The Balaban J connectivity index is 3.92. The number of hydrogen-bond acceptors (Lipinski definition) is 3. The van der Waals surface area contributed by atoms with Gasteiger partial charge in [0.15, 0.2) is 0 Å². The van der Waals surface area contributed by atoms with Crippen LogP contribution >= 0.6 is 0 Å². The van der Waals surface area contributed by atoms with Gasteiger partial charge < -0.3 is 5.11 Å². The van der Waals surface area contributed by atoms with Gasteiger partial charge in [0, 0.05) is 0 Å². The third kappa shape index (κ3) is 2.61. The van der Waals surface area contributed by atoms with E-state index in [0.29, 0.717) is 0 Å². The summed E-state index contributed by atoms with van der Waals surface area (Å²) in [5.41, 5.74) is 0. The van der Waals surface area contributed by atoms with Crippen molar-refractivity contribution < 1.29 is 19.5 Å². The molecule has 10 heavy (non-hydrogen) atoms. The molecule has 0 rings (SSSR count). The van der Waals surface area contributed by atoms with Gasteiger partial charge in [-0.15, -0.1) is 0 Å². The highest BCUT2D eigenvalue weighted by atomic mass is 16.4. The van der Waals surface area contributed by atoms with E-state index in [1.165, 1.54) is 5.32 Å². The fourth-order valence-electron chi connectivity index (χ4n) is 0.216. The number of amides is 2. The van der Waals surface area contributed by atoms with Crippen LogP contribution in [0.25, 0.3) is 0 Å². The van der Waals surface area contributed by atoms with E-state index in [-0.39, 0.29) is 0 Å². The van der Waals surface area contributed by atoms with Gasteiger partial charge in [-0.2, -0.15) is 0 Å². The van der Waals surface area contributed by atoms with Gasteiger partial charge >= 0.3 is 11.9 Å². The van der Waals surface area contributed by atoms with E-state index < -0.39 is 17.8 Å². The molecule has 0 unspecified atom stereocenters. The highest BCUT2D eigenvalue weighted by Gasteiger charge is 2.11. The first-order valence-electron chi connectivity index (χ1n) is 2.28. The van der Waals surface area contributed by atoms with Crippen LogP contribution in [-0.4, -0.2) is 22.9 Å². The molecule has 0 bridgehead atoms. The number of carboxylic acids is 1. The van der Waals surface area contributed by atoms with Crippen LogP contribution < -0.4 is 5.32 Å². The van der Waals surface area contributed by atoms with Gasteiger partial charge in [-0.1, -0.05) is 6.58 Å². The van der Waals surface area contributed by atoms with Crippen molar-refractivity contribution in [3.05, 3.63) is 12.7 Å². The van der Waals surface area contributed by atoms with Crippen LogP contribution in [-0.2, 0) is 14.4 Å². The summed E-state index contributed by atoms with van der Waals surface area (Å²) < 4.78 is 0. The Bertz CT molecular complexity index is 196. The number of carbonyl (C=O) groups is 3. The van der Waals surface area contributed by atoms with Crippen LogP contribution in [0.2, 0.25) is 0 Å². The van der Waals surface area contributed by atoms with Crippen molar-refractivity contribution in [2.45, 2.75) is 0 Å². The van der Waals surface area contributed by atoms with Gasteiger partial charge in [0.25, 0.3) is 0 Å². The smallest absolute Gasteiger partial charge is 0.394 e. The van der Waals surface area contributed by atoms with Gasteiger partial charge in [-0.25, -0.2) is 4.79 Å². The fourth-order valence-corrected chi connectivity index (χ4v) is 0.216. The summed E-state index contributed by atoms with van der Waals surface area (Å²) >= 11 is 0. The first kappa shape index (κ1) is 8.35. The standard InChI is InChI=1S/C5H5NO4/c1-2-3(7)6-4(8)5(9)10/h2H,1H2,(H,9,10)(H,6,7,8). The predicted octanol–water partition coefficient (Wildman–Crippen LogP) is -1.10. The first-order chi connectivity index (χ1) is 4.57. The second kappa shape index (κ2) is 3.39. The Morgan fingerprint density at radius 2 is 1.90 bits per heavy atom. The topological polar surface area (TPSA) is 83.5 Å². The summed E-state index contributed by atoms with van der Waals surface area (Å²) in [6.07, 6.45) is 0.806. The highest BCUT2D eigenvalue weighted by Crippen LogP contribution is 1.68. The van der Waals surface area contributed by atoms with Crippen LogP contribution in [0.1, 0.15) is 0 Å². The van der Waals surface area contributed by atoms with Crippen molar-refractivity contribution >= 4 is 17.8 Å². The zero-order chi connectivity index (χ0) is 8.15. The Labute approximate surface area is 56.3 Å². The van der Waals surface area contributed by atoms with Crippen LogP contribution in [0.5, 0.6) is 0 Å². The second-order valence-corrected chi connectivity index (χ2v) is 1.33. The summed E-state index contributed by atoms with van der Waals surface area (Å²) in [6.45, 7) is 3.02. The van der Waals surface area contributed by atoms with Crippen LogP contribution in [0, 0.1) is 0 Å². The summed E-state index contributed by atoms with van der Waals surface area (Å²) in [6, 6.07) is 0. The molecular weight excluding hydrogens is 138 g/mol. The molecule has 0 saturated carbocycles. The maximum atomic E-state index is 10.2. The van der Waals surface area contributed by atoms with Gasteiger partial charge in [0.2, 0.25) is 5.91 Å². The lowest BCUT2D eigenvalue weighted by Crippen LogP contribution is -2.34. The molecule has 0 aromatic rings. The van der Waals surface area contributed by atoms with Crippen LogP contribution in [0.15, 0.2) is 12.7 Å². The van der Waals surface area contributed by atoms with Crippen molar-refractivity contribution in [1.29, 1.82) is 0 Å². The Hall–Kier alpha value is -1.65. The molecule has 54 valence electrons. The lowest BCUT2D eigenvalue weighted by molar-refractivity contribution is -0.151. The van der Waals surface area contributed by atoms with Gasteiger partial charge in [0.05, 0.1) is 0 Å².